The van der Waals surface area contributed by atoms with Crippen LogP contribution in [0.1, 0.15) is 37.8 Å². The van der Waals surface area contributed by atoms with Gasteiger partial charge < -0.3 is 14.8 Å². The van der Waals surface area contributed by atoms with E-state index in [1.807, 2.05) is 12.1 Å². The molecule has 3 heteroatoms. The zero-order valence-corrected chi connectivity index (χ0v) is 11.3. The second kappa shape index (κ2) is 6.76. The van der Waals surface area contributed by atoms with E-state index >= 15 is 0 Å². The molecule has 1 aliphatic rings. The smallest absolute Gasteiger partial charge is 0.119 e. The third kappa shape index (κ3) is 3.72. The molecule has 1 fully saturated rings. The van der Waals surface area contributed by atoms with Gasteiger partial charge in [0.05, 0.1) is 7.11 Å². The lowest BCUT2D eigenvalue weighted by Crippen LogP contribution is -2.31. The van der Waals surface area contributed by atoms with Crippen molar-refractivity contribution in [3.05, 3.63) is 29.8 Å². The third-order valence-corrected chi connectivity index (χ3v) is 3.53. The van der Waals surface area contributed by atoms with E-state index in [9.17, 15) is 0 Å². The quantitative estimate of drug-likeness (QED) is 0.890. The SMILES string of the molecule is COc1cccc(C(C)NC2CCCOCC2)c1. The molecule has 1 N–H and O–H groups in total. The highest BCUT2D eigenvalue weighted by Crippen LogP contribution is 2.20. The van der Waals surface area contributed by atoms with Gasteiger partial charge in [-0.05, 0) is 43.9 Å². The van der Waals surface area contributed by atoms with Crippen LogP contribution < -0.4 is 10.1 Å². The molecule has 1 heterocycles. The summed E-state index contributed by atoms with van der Waals surface area (Å²) in [7, 11) is 1.71. The van der Waals surface area contributed by atoms with Gasteiger partial charge in [-0.25, -0.2) is 0 Å². The van der Waals surface area contributed by atoms with Crippen molar-refractivity contribution in [2.45, 2.75) is 38.3 Å². The average Bonchev–Trinajstić information content (AvgIpc) is 2.67. The topological polar surface area (TPSA) is 30.5 Å². The number of methoxy groups -OCH3 is 1. The third-order valence-electron chi connectivity index (χ3n) is 3.53. The van der Waals surface area contributed by atoms with Crippen LogP contribution in [-0.2, 0) is 4.74 Å². The van der Waals surface area contributed by atoms with Crippen LogP contribution in [0.15, 0.2) is 24.3 Å². The van der Waals surface area contributed by atoms with Gasteiger partial charge in [0.2, 0.25) is 0 Å². The maximum Gasteiger partial charge on any atom is 0.119 e. The Morgan fingerprint density at radius 1 is 1.33 bits per heavy atom. The van der Waals surface area contributed by atoms with E-state index in [0.29, 0.717) is 12.1 Å². The molecule has 1 aromatic carbocycles. The largest absolute Gasteiger partial charge is 0.497 e. The molecule has 2 rings (SSSR count). The minimum absolute atomic E-state index is 0.350. The molecule has 3 nitrogen and oxygen atoms in total. The number of ether oxygens (including phenoxy) is 2. The number of nitrogens with one attached hydrogen (secondary N) is 1. The summed E-state index contributed by atoms with van der Waals surface area (Å²) in [6.45, 7) is 3.99. The van der Waals surface area contributed by atoms with Crippen molar-refractivity contribution < 1.29 is 9.47 Å². The lowest BCUT2D eigenvalue weighted by atomic mass is 10.0. The Morgan fingerprint density at radius 3 is 3.06 bits per heavy atom. The van der Waals surface area contributed by atoms with Crippen molar-refractivity contribution in [1.29, 1.82) is 0 Å². The average molecular weight is 249 g/mol. The van der Waals surface area contributed by atoms with Gasteiger partial charge in [-0.3, -0.25) is 0 Å². The first-order valence-electron chi connectivity index (χ1n) is 6.77. The summed E-state index contributed by atoms with van der Waals surface area (Å²) in [5, 5.41) is 3.69. The fraction of sp³-hybridized carbons (Fsp3) is 0.600. The summed E-state index contributed by atoms with van der Waals surface area (Å²) in [6, 6.07) is 9.19. The first kappa shape index (κ1) is 13.4. The molecule has 1 aliphatic heterocycles. The van der Waals surface area contributed by atoms with Crippen LogP contribution in [0, 0.1) is 0 Å². The molecule has 0 amide bonds. The molecule has 2 atom stereocenters. The molecule has 0 saturated carbocycles. The first-order valence-corrected chi connectivity index (χ1v) is 6.77. The van der Waals surface area contributed by atoms with Crippen molar-refractivity contribution in [2.24, 2.45) is 0 Å². The molecule has 0 aromatic heterocycles. The van der Waals surface area contributed by atoms with Gasteiger partial charge in [0.1, 0.15) is 5.75 Å². The Hall–Kier alpha value is -1.06. The molecule has 1 saturated heterocycles. The summed E-state index contributed by atoms with van der Waals surface area (Å²) < 4.78 is 10.8. The van der Waals surface area contributed by atoms with Crippen LogP contribution in [0.25, 0.3) is 0 Å². The Morgan fingerprint density at radius 2 is 2.22 bits per heavy atom. The molecule has 0 aliphatic carbocycles. The van der Waals surface area contributed by atoms with Gasteiger partial charge >= 0.3 is 0 Å². The van der Waals surface area contributed by atoms with E-state index in [-0.39, 0.29) is 0 Å². The van der Waals surface area contributed by atoms with E-state index in [1.165, 1.54) is 12.0 Å². The van der Waals surface area contributed by atoms with Crippen molar-refractivity contribution >= 4 is 0 Å². The van der Waals surface area contributed by atoms with E-state index in [4.69, 9.17) is 9.47 Å². The molecule has 0 bridgehead atoms. The second-order valence-corrected chi connectivity index (χ2v) is 4.91. The molecule has 18 heavy (non-hydrogen) atoms. The van der Waals surface area contributed by atoms with Crippen molar-refractivity contribution in [1.82, 2.24) is 5.32 Å². The van der Waals surface area contributed by atoms with Crippen molar-refractivity contribution in [2.75, 3.05) is 20.3 Å². The zero-order valence-electron chi connectivity index (χ0n) is 11.3. The summed E-state index contributed by atoms with van der Waals surface area (Å²) in [4.78, 5) is 0. The fourth-order valence-electron chi connectivity index (χ4n) is 2.43. The van der Waals surface area contributed by atoms with Gasteiger partial charge in [-0.15, -0.1) is 0 Å². The molecule has 100 valence electrons. The lowest BCUT2D eigenvalue weighted by molar-refractivity contribution is 0.142. The van der Waals surface area contributed by atoms with Crippen LogP contribution in [0.2, 0.25) is 0 Å². The molecule has 0 radical (unpaired) electrons. The lowest BCUT2D eigenvalue weighted by Gasteiger charge is -2.22. The predicted molar refractivity (Wildman–Crippen MR) is 73.0 cm³/mol. The predicted octanol–water partition coefficient (Wildman–Crippen LogP) is 2.91. The van der Waals surface area contributed by atoms with E-state index in [0.717, 1.165) is 31.8 Å². The maximum absolute atomic E-state index is 5.49. The Labute approximate surface area is 109 Å². The maximum atomic E-state index is 5.49. The van der Waals surface area contributed by atoms with Gasteiger partial charge in [0, 0.05) is 25.3 Å². The highest BCUT2D eigenvalue weighted by atomic mass is 16.5. The molecule has 1 aromatic rings. The Bertz CT molecular complexity index is 359. The Balaban J connectivity index is 1.95. The van der Waals surface area contributed by atoms with E-state index in [1.54, 1.807) is 7.11 Å². The second-order valence-electron chi connectivity index (χ2n) is 4.91. The Kier molecular flexibility index (Phi) is 5.02. The normalized spacial score (nSPS) is 22.2. The minimum Gasteiger partial charge on any atom is -0.497 e. The summed E-state index contributed by atoms with van der Waals surface area (Å²) in [5.41, 5.74) is 1.28. The van der Waals surface area contributed by atoms with E-state index in [2.05, 4.69) is 24.4 Å². The highest BCUT2D eigenvalue weighted by molar-refractivity contribution is 5.30. The monoisotopic (exact) mass is 249 g/mol. The van der Waals surface area contributed by atoms with Gasteiger partial charge in [-0.1, -0.05) is 12.1 Å². The van der Waals surface area contributed by atoms with Gasteiger partial charge in [-0.2, -0.15) is 0 Å². The summed E-state index contributed by atoms with van der Waals surface area (Å²) in [5.74, 6) is 0.922. The number of benzene rings is 1. The van der Waals surface area contributed by atoms with E-state index < -0.39 is 0 Å². The fourth-order valence-corrected chi connectivity index (χ4v) is 2.43. The van der Waals surface area contributed by atoms with Crippen LogP contribution in [-0.4, -0.2) is 26.4 Å². The molecule has 2 unspecified atom stereocenters. The number of hydrogen-bond acceptors (Lipinski definition) is 3. The van der Waals surface area contributed by atoms with Crippen LogP contribution >= 0.6 is 0 Å². The number of rotatable bonds is 4. The standard InChI is InChI=1S/C15H23NO2/c1-12(13-5-3-7-15(11-13)17-2)16-14-6-4-9-18-10-8-14/h3,5,7,11-12,14,16H,4,6,8-10H2,1-2H3. The summed E-state index contributed by atoms with van der Waals surface area (Å²) >= 11 is 0. The van der Waals surface area contributed by atoms with Crippen LogP contribution in [0.3, 0.4) is 0 Å². The summed E-state index contributed by atoms with van der Waals surface area (Å²) in [6.07, 6.45) is 3.46. The van der Waals surface area contributed by atoms with Gasteiger partial charge in [0.25, 0.3) is 0 Å². The molecule has 0 spiro atoms. The van der Waals surface area contributed by atoms with Crippen LogP contribution in [0.5, 0.6) is 5.75 Å². The minimum atomic E-state index is 0.350. The zero-order chi connectivity index (χ0) is 12.8. The first-order chi connectivity index (χ1) is 8.79. The molecular formula is C15H23NO2. The van der Waals surface area contributed by atoms with Gasteiger partial charge in [0.15, 0.2) is 0 Å². The van der Waals surface area contributed by atoms with Crippen LogP contribution in [0.4, 0.5) is 0 Å². The van der Waals surface area contributed by atoms with Crippen molar-refractivity contribution in [3.63, 3.8) is 0 Å². The highest BCUT2D eigenvalue weighted by Gasteiger charge is 2.15. The van der Waals surface area contributed by atoms with Crippen molar-refractivity contribution in [3.8, 4) is 5.75 Å². The molecular weight excluding hydrogens is 226 g/mol. The number of hydrogen-bond donors (Lipinski definition) is 1.